The Hall–Kier alpha value is -2.06. The van der Waals surface area contributed by atoms with E-state index in [2.05, 4.69) is 49.0 Å². The summed E-state index contributed by atoms with van der Waals surface area (Å²) in [6, 6.07) is -1.55. The molecule has 0 radical (unpaired) electrons. The largest absolute Gasteiger partial charge is 0.472 e. The standard InChI is InChI=1S/C61H122N4O16P2/c1-5-9-13-17-19-21-23-25-27-31-35-39-58(68)64-54(50-76-45-41-56(66)37-33-29-15-11-7-3)52-80-82(72,73)78-47-43-62-60(70)49-61(71)63-44-48-79-83(74,75)81-53-55(51-77-46-42-57(67)38-34-30-16-12-8-4)65-59(69)40-36-32-28-26-24-22-20-18-14-10-6-2/h54-57,66-67H,5-53H2,1-4H3,(H,62,70)(H,63,71)(H,64,68)(H,65,69)(H,72,73)(H,74,75)/t54-,55-,56-,57-/m1/s1. The first kappa shape index (κ1) is 80.9. The van der Waals surface area contributed by atoms with Crippen molar-refractivity contribution in [1.29, 1.82) is 0 Å². The van der Waals surface area contributed by atoms with E-state index in [1.807, 2.05) is 0 Å². The van der Waals surface area contributed by atoms with E-state index in [1.54, 1.807) is 0 Å². The molecule has 2 unspecified atom stereocenters. The lowest BCUT2D eigenvalue weighted by Gasteiger charge is -2.21. The Morgan fingerprint density at radius 1 is 0.361 bits per heavy atom. The predicted molar refractivity (Wildman–Crippen MR) is 330 cm³/mol. The molecule has 0 aromatic carbocycles. The topological polar surface area (TPSA) is 287 Å². The van der Waals surface area contributed by atoms with Crippen molar-refractivity contribution in [1.82, 2.24) is 21.3 Å². The van der Waals surface area contributed by atoms with Crippen molar-refractivity contribution in [2.75, 3.05) is 65.9 Å². The Morgan fingerprint density at radius 3 is 0.964 bits per heavy atom. The monoisotopic (exact) mass is 1230 g/mol. The number of aliphatic hydroxyl groups is 2. The molecule has 0 saturated carbocycles. The van der Waals surface area contributed by atoms with Crippen LogP contribution in [0.1, 0.15) is 278 Å². The molecule has 20 nitrogen and oxygen atoms in total. The highest BCUT2D eigenvalue weighted by atomic mass is 31.2. The number of phosphoric acid groups is 2. The van der Waals surface area contributed by atoms with Gasteiger partial charge in [-0.2, -0.15) is 0 Å². The zero-order chi connectivity index (χ0) is 61.3. The number of nitrogens with one attached hydrogen (secondary N) is 4. The van der Waals surface area contributed by atoms with Gasteiger partial charge in [0, 0.05) is 39.1 Å². The van der Waals surface area contributed by atoms with Crippen molar-refractivity contribution < 1.29 is 75.9 Å². The molecule has 0 rings (SSSR count). The van der Waals surface area contributed by atoms with E-state index in [9.17, 15) is 48.3 Å². The van der Waals surface area contributed by atoms with Crippen LogP contribution < -0.4 is 21.3 Å². The molecule has 83 heavy (non-hydrogen) atoms. The first-order valence-corrected chi connectivity index (χ1v) is 35.9. The molecule has 0 spiro atoms. The first-order chi connectivity index (χ1) is 40.1. The summed E-state index contributed by atoms with van der Waals surface area (Å²) in [5, 5.41) is 31.3. The molecule has 6 atom stereocenters. The number of aliphatic hydroxyl groups excluding tert-OH is 2. The Balaban J connectivity index is 4.89. The number of amides is 4. The molecule has 0 aliphatic rings. The van der Waals surface area contributed by atoms with Crippen LogP contribution in [0, 0.1) is 0 Å². The van der Waals surface area contributed by atoms with E-state index in [4.69, 9.17) is 27.6 Å². The molecular weight excluding hydrogens is 1110 g/mol. The Bertz CT molecular complexity index is 1530. The Labute approximate surface area is 502 Å². The van der Waals surface area contributed by atoms with E-state index >= 15 is 0 Å². The first-order valence-electron chi connectivity index (χ1n) is 32.9. The smallest absolute Gasteiger partial charge is 0.393 e. The number of hydrogen-bond acceptors (Lipinski definition) is 14. The summed E-state index contributed by atoms with van der Waals surface area (Å²) < 4.78 is 57.7. The number of carbonyl (C=O) groups is 4. The van der Waals surface area contributed by atoms with Crippen molar-refractivity contribution in [2.45, 2.75) is 302 Å². The third-order valence-electron chi connectivity index (χ3n) is 14.4. The van der Waals surface area contributed by atoms with Gasteiger partial charge in [-0.3, -0.25) is 37.3 Å². The second-order valence-corrected chi connectivity index (χ2v) is 25.5. The lowest BCUT2D eigenvalue weighted by atomic mass is 10.1. The van der Waals surface area contributed by atoms with Gasteiger partial charge >= 0.3 is 15.6 Å². The van der Waals surface area contributed by atoms with Gasteiger partial charge in [-0.15, -0.1) is 0 Å². The minimum atomic E-state index is -4.66. The fraction of sp³-hybridized carbons (Fsp3) is 0.934. The lowest BCUT2D eigenvalue weighted by Crippen LogP contribution is -2.41. The van der Waals surface area contributed by atoms with Gasteiger partial charge in [-0.1, -0.05) is 220 Å². The molecule has 22 heteroatoms. The minimum Gasteiger partial charge on any atom is -0.393 e. The van der Waals surface area contributed by atoms with Crippen molar-refractivity contribution in [2.24, 2.45) is 0 Å². The molecular formula is C61H122N4O16P2. The predicted octanol–water partition coefficient (Wildman–Crippen LogP) is 12.5. The van der Waals surface area contributed by atoms with Gasteiger partial charge in [-0.25, -0.2) is 9.13 Å². The molecule has 0 saturated heterocycles. The lowest BCUT2D eigenvalue weighted by molar-refractivity contribution is -0.129. The molecule has 0 bridgehead atoms. The van der Waals surface area contributed by atoms with Crippen LogP contribution >= 0.6 is 15.6 Å². The zero-order valence-electron chi connectivity index (χ0n) is 52.5. The highest BCUT2D eigenvalue weighted by molar-refractivity contribution is 7.47. The molecule has 492 valence electrons. The maximum Gasteiger partial charge on any atom is 0.472 e. The maximum atomic E-state index is 12.9. The van der Waals surface area contributed by atoms with Crippen LogP contribution in [-0.2, 0) is 55.9 Å². The van der Waals surface area contributed by atoms with E-state index in [1.165, 1.54) is 103 Å². The molecule has 0 aliphatic carbocycles. The molecule has 0 fully saturated rings. The Morgan fingerprint density at radius 2 is 0.651 bits per heavy atom. The second-order valence-electron chi connectivity index (χ2n) is 22.6. The summed E-state index contributed by atoms with van der Waals surface area (Å²) in [6.07, 6.45) is 37.3. The van der Waals surface area contributed by atoms with E-state index in [0.29, 0.717) is 38.5 Å². The average molecular weight is 1230 g/mol. The molecule has 8 N–H and O–H groups in total. The minimum absolute atomic E-state index is 0.0195. The number of rotatable bonds is 64. The summed E-state index contributed by atoms with van der Waals surface area (Å²) in [5.74, 6) is -1.93. The fourth-order valence-corrected chi connectivity index (χ4v) is 10.9. The van der Waals surface area contributed by atoms with Crippen LogP contribution in [0.2, 0.25) is 0 Å². The normalized spacial score (nSPS) is 14.6. The van der Waals surface area contributed by atoms with Gasteiger partial charge in [0.25, 0.3) is 0 Å². The van der Waals surface area contributed by atoms with E-state index in [0.717, 1.165) is 89.9 Å². The van der Waals surface area contributed by atoms with Crippen LogP contribution in [0.5, 0.6) is 0 Å². The molecule has 0 aromatic rings. The maximum absolute atomic E-state index is 12.9. The summed E-state index contributed by atoms with van der Waals surface area (Å²) >= 11 is 0. The third-order valence-corrected chi connectivity index (χ3v) is 16.4. The molecule has 0 aliphatic heterocycles. The van der Waals surface area contributed by atoms with Gasteiger partial charge in [0.2, 0.25) is 23.6 Å². The molecule has 4 amide bonds. The van der Waals surface area contributed by atoms with Crippen LogP contribution in [0.15, 0.2) is 0 Å². The van der Waals surface area contributed by atoms with Crippen LogP contribution in [0.4, 0.5) is 0 Å². The van der Waals surface area contributed by atoms with Crippen molar-refractivity contribution in [3.05, 3.63) is 0 Å². The number of phosphoric ester groups is 2. The average Bonchev–Trinajstić information content (AvgIpc) is 3.48. The molecule has 0 aromatic heterocycles. The van der Waals surface area contributed by atoms with E-state index < -0.39 is 84.6 Å². The van der Waals surface area contributed by atoms with E-state index in [-0.39, 0.29) is 64.2 Å². The summed E-state index contributed by atoms with van der Waals surface area (Å²) in [5.41, 5.74) is 0. The van der Waals surface area contributed by atoms with Gasteiger partial charge in [-0.05, 0) is 38.5 Å². The zero-order valence-corrected chi connectivity index (χ0v) is 54.3. The van der Waals surface area contributed by atoms with Crippen LogP contribution in [-0.4, -0.2) is 134 Å². The van der Waals surface area contributed by atoms with Crippen molar-refractivity contribution in [3.8, 4) is 0 Å². The van der Waals surface area contributed by atoms with Crippen LogP contribution in [0.25, 0.3) is 0 Å². The summed E-state index contributed by atoms with van der Waals surface area (Å²) in [7, 11) is -9.31. The summed E-state index contributed by atoms with van der Waals surface area (Å²) in [4.78, 5) is 71.6. The third kappa shape index (κ3) is 57.4. The van der Waals surface area contributed by atoms with Gasteiger partial charge < -0.3 is 50.7 Å². The quantitative estimate of drug-likeness (QED) is 0.0160. The van der Waals surface area contributed by atoms with Gasteiger partial charge in [0.05, 0.1) is 63.9 Å². The fourth-order valence-electron chi connectivity index (χ4n) is 9.32. The number of hydrogen-bond donors (Lipinski definition) is 8. The number of unbranched alkanes of at least 4 members (excludes halogenated alkanes) is 28. The highest BCUT2D eigenvalue weighted by Gasteiger charge is 2.26. The summed E-state index contributed by atoms with van der Waals surface area (Å²) in [6.45, 7) is 6.99. The van der Waals surface area contributed by atoms with Gasteiger partial charge in [0.15, 0.2) is 0 Å². The number of carbonyl (C=O) groups excluding carboxylic acids is 4. The highest BCUT2D eigenvalue weighted by Crippen LogP contribution is 2.43. The molecule has 0 heterocycles. The SMILES string of the molecule is CCCCCCCCCCCCCC(=O)N[C@H](COCC[C@H](O)CCCCCCC)COP(=O)(O)OCCNC(=O)CC(=O)NCCOP(=O)(O)OC[C@@H](COCC[C@H](O)CCCCCCC)NC(=O)CCCCCCCCCCCCC. The number of ether oxygens (including phenoxy) is 2. The van der Waals surface area contributed by atoms with Crippen molar-refractivity contribution in [3.63, 3.8) is 0 Å². The second kappa shape index (κ2) is 57.7. The van der Waals surface area contributed by atoms with Crippen LogP contribution in [0.3, 0.4) is 0 Å². The van der Waals surface area contributed by atoms with Crippen molar-refractivity contribution >= 4 is 39.3 Å². The van der Waals surface area contributed by atoms with Gasteiger partial charge in [0.1, 0.15) is 6.42 Å². The Kier molecular flexibility index (Phi) is 56.2.